The van der Waals surface area contributed by atoms with Crippen LogP contribution in [0.3, 0.4) is 0 Å². The van der Waals surface area contributed by atoms with Crippen LogP contribution in [0.2, 0.25) is 0 Å². The molecule has 0 fully saturated rings. The molecule has 4 rings (SSSR count). The van der Waals surface area contributed by atoms with E-state index >= 15 is 0 Å². The van der Waals surface area contributed by atoms with Gasteiger partial charge in [-0.25, -0.2) is 9.52 Å². The minimum Gasteiger partial charge on any atom is -0.451 e. The summed E-state index contributed by atoms with van der Waals surface area (Å²) in [5.41, 5.74) is 4.15. The van der Waals surface area contributed by atoms with Crippen molar-refractivity contribution < 1.29 is 22.7 Å². The van der Waals surface area contributed by atoms with Gasteiger partial charge in [0.1, 0.15) is 0 Å². The van der Waals surface area contributed by atoms with E-state index in [0.29, 0.717) is 0 Å². The topological polar surface area (TPSA) is 109 Å². The number of hydrogen-bond acceptors (Lipinski definition) is 5. The first kappa shape index (κ1) is 19.0. The van der Waals surface area contributed by atoms with E-state index in [2.05, 4.69) is 11.4 Å². The molecule has 7 nitrogen and oxygen atoms in total. The smallest absolute Gasteiger partial charge is 0.333 e. The summed E-state index contributed by atoms with van der Waals surface area (Å²) < 4.78 is 32.4. The van der Waals surface area contributed by atoms with Crippen molar-refractivity contribution >= 4 is 21.7 Å². The quantitative estimate of drug-likeness (QED) is 0.726. The summed E-state index contributed by atoms with van der Waals surface area (Å²) in [4.78, 5) is 12.6. The molecule has 1 aromatic heterocycles. The van der Waals surface area contributed by atoms with Crippen LogP contribution in [0.4, 0.5) is 10.5 Å². The molecule has 0 unspecified atom stereocenters. The second-order valence-corrected chi connectivity index (χ2v) is 9.56. The Bertz CT molecular complexity index is 1020. The maximum atomic E-state index is 12.7. The van der Waals surface area contributed by atoms with Crippen LogP contribution in [0.25, 0.3) is 0 Å². The van der Waals surface area contributed by atoms with Crippen LogP contribution < -0.4 is 10.0 Å². The molecule has 0 radical (unpaired) electrons. The van der Waals surface area contributed by atoms with Gasteiger partial charge in [0.05, 0.1) is 11.9 Å². The van der Waals surface area contributed by atoms with Crippen LogP contribution in [0.15, 0.2) is 27.9 Å². The number of furan rings is 1. The number of benzene rings is 1. The number of fused-ring (bicyclic) bond motifs is 2. The molecule has 28 heavy (non-hydrogen) atoms. The SMILES string of the molecule is CC(C)(O)c1ccoc1S(=O)(=O)NC(=O)Nc1c2c(cc3c1CCC3)CCC2. The highest BCUT2D eigenvalue weighted by molar-refractivity contribution is 7.90. The lowest BCUT2D eigenvalue weighted by Gasteiger charge is -2.18. The third kappa shape index (κ3) is 3.31. The van der Waals surface area contributed by atoms with E-state index in [1.165, 1.54) is 37.3 Å². The van der Waals surface area contributed by atoms with Gasteiger partial charge in [0.2, 0.25) is 5.09 Å². The van der Waals surface area contributed by atoms with E-state index in [9.17, 15) is 18.3 Å². The van der Waals surface area contributed by atoms with Gasteiger partial charge >= 0.3 is 6.03 Å². The summed E-state index contributed by atoms with van der Waals surface area (Å²) in [5, 5.41) is 12.5. The first-order chi connectivity index (χ1) is 13.2. The Hall–Kier alpha value is -2.32. The van der Waals surface area contributed by atoms with E-state index in [4.69, 9.17) is 4.42 Å². The number of nitrogens with one attached hydrogen (secondary N) is 2. The molecule has 0 saturated carbocycles. The molecule has 2 aromatic rings. The summed E-state index contributed by atoms with van der Waals surface area (Å²) in [6.45, 7) is 2.90. The molecule has 2 aliphatic rings. The van der Waals surface area contributed by atoms with E-state index in [-0.39, 0.29) is 5.56 Å². The summed E-state index contributed by atoms with van der Waals surface area (Å²) >= 11 is 0. The number of rotatable bonds is 4. The fourth-order valence-electron chi connectivity index (χ4n) is 4.23. The number of hydrogen-bond donors (Lipinski definition) is 3. The van der Waals surface area contributed by atoms with Gasteiger partial charge in [0.25, 0.3) is 10.0 Å². The van der Waals surface area contributed by atoms with Crippen molar-refractivity contribution in [2.45, 2.75) is 63.1 Å². The minimum atomic E-state index is -4.27. The minimum absolute atomic E-state index is 0.0919. The van der Waals surface area contributed by atoms with Gasteiger partial charge in [-0.05, 0) is 80.7 Å². The molecule has 0 aliphatic heterocycles. The largest absolute Gasteiger partial charge is 0.451 e. The molecule has 0 bridgehead atoms. The van der Waals surface area contributed by atoms with Crippen molar-refractivity contribution in [3.8, 4) is 0 Å². The summed E-state index contributed by atoms with van der Waals surface area (Å²) in [6.07, 6.45) is 6.98. The number of aryl methyl sites for hydroxylation is 2. The van der Waals surface area contributed by atoms with Crippen molar-refractivity contribution in [1.82, 2.24) is 4.72 Å². The predicted octanol–water partition coefficient (Wildman–Crippen LogP) is 2.99. The van der Waals surface area contributed by atoms with Gasteiger partial charge in [-0.3, -0.25) is 0 Å². The second kappa shape index (κ2) is 6.63. The van der Waals surface area contributed by atoms with Crippen molar-refractivity contribution in [2.75, 3.05) is 5.32 Å². The molecule has 3 N–H and O–H groups in total. The third-order valence-electron chi connectivity index (χ3n) is 5.47. The zero-order chi connectivity index (χ0) is 20.1. The monoisotopic (exact) mass is 404 g/mol. The molecule has 2 aliphatic carbocycles. The first-order valence-electron chi connectivity index (χ1n) is 9.47. The first-order valence-corrected chi connectivity index (χ1v) is 11.0. The highest BCUT2D eigenvalue weighted by Crippen LogP contribution is 2.38. The maximum Gasteiger partial charge on any atom is 0.333 e. The van der Waals surface area contributed by atoms with E-state index < -0.39 is 26.7 Å². The summed E-state index contributed by atoms with van der Waals surface area (Å²) in [6, 6.07) is 2.79. The highest BCUT2D eigenvalue weighted by Gasteiger charge is 2.32. The number of anilines is 1. The Morgan fingerprint density at radius 2 is 1.71 bits per heavy atom. The van der Waals surface area contributed by atoms with Crippen LogP contribution in [-0.2, 0) is 41.3 Å². The highest BCUT2D eigenvalue weighted by atomic mass is 32.2. The van der Waals surface area contributed by atoms with Crippen LogP contribution in [0, 0.1) is 0 Å². The molecule has 150 valence electrons. The van der Waals surface area contributed by atoms with Gasteiger partial charge in [0.15, 0.2) is 0 Å². The zero-order valence-corrected chi connectivity index (χ0v) is 16.8. The van der Waals surface area contributed by atoms with E-state index in [1.807, 2.05) is 4.72 Å². The Labute approximate surface area is 164 Å². The average molecular weight is 404 g/mol. The molecule has 2 amide bonds. The lowest BCUT2D eigenvalue weighted by Crippen LogP contribution is -2.36. The second-order valence-electron chi connectivity index (χ2n) is 7.97. The van der Waals surface area contributed by atoms with Crippen LogP contribution in [0.1, 0.15) is 54.5 Å². The maximum absolute atomic E-state index is 12.7. The predicted molar refractivity (Wildman–Crippen MR) is 104 cm³/mol. The van der Waals surface area contributed by atoms with Crippen LogP contribution in [0.5, 0.6) is 0 Å². The number of carbonyl (C=O) groups excluding carboxylic acids is 1. The molecule has 0 saturated heterocycles. The average Bonchev–Trinajstić information content (AvgIpc) is 3.33. The lowest BCUT2D eigenvalue weighted by molar-refractivity contribution is 0.0731. The Morgan fingerprint density at radius 3 is 2.29 bits per heavy atom. The van der Waals surface area contributed by atoms with Gasteiger partial charge in [-0.1, -0.05) is 6.07 Å². The molecule has 0 atom stereocenters. The molecule has 1 aromatic carbocycles. The van der Waals surface area contributed by atoms with Crippen molar-refractivity contribution in [1.29, 1.82) is 0 Å². The lowest BCUT2D eigenvalue weighted by atomic mass is 9.99. The van der Waals surface area contributed by atoms with Gasteiger partial charge in [0, 0.05) is 11.3 Å². The Kier molecular flexibility index (Phi) is 4.50. The van der Waals surface area contributed by atoms with E-state index in [0.717, 1.165) is 55.3 Å². The van der Waals surface area contributed by atoms with Crippen molar-refractivity contribution in [2.24, 2.45) is 0 Å². The fourth-order valence-corrected chi connectivity index (χ4v) is 5.41. The number of amides is 2. The third-order valence-corrected chi connectivity index (χ3v) is 6.73. The molecule has 8 heteroatoms. The summed E-state index contributed by atoms with van der Waals surface area (Å²) in [5.74, 6) is 0. The zero-order valence-electron chi connectivity index (χ0n) is 16.0. The number of sulfonamides is 1. The van der Waals surface area contributed by atoms with Gasteiger partial charge < -0.3 is 14.8 Å². The standard InChI is InChI=1S/C20H24N2O5S/c1-20(2,24)16-9-10-27-18(16)28(25,26)22-19(23)21-17-14-7-3-5-12(14)11-13-6-4-8-15(13)17/h9-11,24H,3-8H2,1-2H3,(H2,21,22,23). The molecular formula is C20H24N2O5S. The fraction of sp³-hybridized carbons (Fsp3) is 0.450. The van der Waals surface area contributed by atoms with Crippen LogP contribution >= 0.6 is 0 Å². The number of aliphatic hydroxyl groups is 1. The number of carbonyl (C=O) groups is 1. The normalized spacial score (nSPS) is 16.0. The molecule has 0 spiro atoms. The molecular weight excluding hydrogens is 380 g/mol. The van der Waals surface area contributed by atoms with Gasteiger partial charge in [-0.15, -0.1) is 0 Å². The molecule has 1 heterocycles. The Morgan fingerprint density at radius 1 is 1.11 bits per heavy atom. The van der Waals surface area contributed by atoms with Crippen molar-refractivity contribution in [3.05, 3.63) is 46.2 Å². The number of urea groups is 1. The van der Waals surface area contributed by atoms with Crippen LogP contribution in [-0.4, -0.2) is 19.6 Å². The van der Waals surface area contributed by atoms with E-state index in [1.54, 1.807) is 0 Å². The van der Waals surface area contributed by atoms with Crippen molar-refractivity contribution in [3.63, 3.8) is 0 Å². The van der Waals surface area contributed by atoms with Gasteiger partial charge in [-0.2, -0.15) is 8.42 Å². The summed E-state index contributed by atoms with van der Waals surface area (Å²) in [7, 11) is -4.27. The Balaban J connectivity index is 1.61.